The van der Waals surface area contributed by atoms with Gasteiger partial charge in [-0.1, -0.05) is 6.07 Å². The molecule has 2 atom stereocenters. The van der Waals surface area contributed by atoms with E-state index in [1.54, 1.807) is 17.4 Å². The fourth-order valence-electron chi connectivity index (χ4n) is 2.07. The van der Waals surface area contributed by atoms with Gasteiger partial charge in [-0.3, -0.25) is 0 Å². The fourth-order valence-corrected chi connectivity index (χ4v) is 3.34. The van der Waals surface area contributed by atoms with Crippen molar-refractivity contribution in [1.82, 2.24) is 10.3 Å². The third-order valence-corrected chi connectivity index (χ3v) is 5.10. The number of nitrogens with zero attached hydrogens (tertiary/aromatic N) is 1. The van der Waals surface area contributed by atoms with Gasteiger partial charge in [0, 0.05) is 22.0 Å². The number of nitrogens with one attached hydrogen (secondary N) is 1. The number of aromatic nitrogens is 1. The second-order valence-corrected chi connectivity index (χ2v) is 6.57. The number of aryl methyl sites for hydroxylation is 1. The average Bonchev–Trinajstić information content (AvgIpc) is 2.85. The summed E-state index contributed by atoms with van der Waals surface area (Å²) in [5, 5.41) is 6.58. The average molecular weight is 310 g/mol. The molecule has 20 heavy (non-hydrogen) atoms. The van der Waals surface area contributed by atoms with Crippen LogP contribution in [0.3, 0.4) is 0 Å². The van der Waals surface area contributed by atoms with Crippen molar-refractivity contribution in [2.75, 3.05) is 6.26 Å². The van der Waals surface area contributed by atoms with Crippen molar-refractivity contribution in [3.63, 3.8) is 0 Å². The monoisotopic (exact) mass is 310 g/mol. The van der Waals surface area contributed by atoms with Crippen molar-refractivity contribution in [2.24, 2.45) is 0 Å². The Morgan fingerprint density at radius 2 is 2.05 bits per heavy atom. The lowest BCUT2D eigenvalue weighted by Crippen LogP contribution is -2.22. The van der Waals surface area contributed by atoms with Crippen molar-refractivity contribution in [1.29, 1.82) is 0 Å². The molecule has 1 N–H and O–H groups in total. The summed E-state index contributed by atoms with van der Waals surface area (Å²) < 4.78 is 13.8. The first-order valence-electron chi connectivity index (χ1n) is 6.52. The molecule has 2 nitrogen and oxygen atoms in total. The van der Waals surface area contributed by atoms with Crippen LogP contribution in [0.2, 0.25) is 0 Å². The zero-order chi connectivity index (χ0) is 14.7. The Hall–Kier alpha value is -0.910. The third-order valence-electron chi connectivity index (χ3n) is 3.18. The van der Waals surface area contributed by atoms with Crippen LogP contribution in [0.5, 0.6) is 0 Å². The van der Waals surface area contributed by atoms with Gasteiger partial charge < -0.3 is 5.32 Å². The van der Waals surface area contributed by atoms with E-state index in [-0.39, 0.29) is 17.9 Å². The first kappa shape index (κ1) is 15.5. The summed E-state index contributed by atoms with van der Waals surface area (Å²) >= 11 is 3.08. The summed E-state index contributed by atoms with van der Waals surface area (Å²) in [7, 11) is 0. The minimum absolute atomic E-state index is 0.0830. The Kier molecular flexibility index (Phi) is 5.18. The summed E-state index contributed by atoms with van der Waals surface area (Å²) in [5.41, 5.74) is 2.00. The summed E-state index contributed by atoms with van der Waals surface area (Å²) in [6.07, 6.45) is 1.88. The number of hydrogen-bond acceptors (Lipinski definition) is 4. The number of rotatable bonds is 5. The lowest BCUT2D eigenvalue weighted by molar-refractivity contribution is 0.489. The molecule has 0 saturated carbocycles. The highest BCUT2D eigenvalue weighted by Crippen LogP contribution is 2.25. The second-order valence-electron chi connectivity index (χ2n) is 4.83. The highest BCUT2D eigenvalue weighted by atomic mass is 32.2. The fraction of sp³-hybridized carbons (Fsp3) is 0.400. The van der Waals surface area contributed by atoms with E-state index < -0.39 is 0 Å². The minimum atomic E-state index is -0.151. The predicted molar refractivity (Wildman–Crippen MR) is 85.0 cm³/mol. The highest BCUT2D eigenvalue weighted by Gasteiger charge is 2.15. The highest BCUT2D eigenvalue weighted by molar-refractivity contribution is 7.98. The van der Waals surface area contributed by atoms with Gasteiger partial charge in [0.15, 0.2) is 0 Å². The standard InChI is InChI=1S/C15H19FN2S2/c1-9-8-20-15(17-9)11(3)18-10(2)12-5-6-14(19-4)13(16)7-12/h5-8,10-11,18H,1-4H3/t10-,11+/m0/s1. The van der Waals surface area contributed by atoms with Gasteiger partial charge in [-0.2, -0.15) is 0 Å². The summed E-state index contributed by atoms with van der Waals surface area (Å²) in [5.74, 6) is -0.151. The predicted octanol–water partition coefficient (Wildman–Crippen LogP) is 4.72. The van der Waals surface area contributed by atoms with Gasteiger partial charge in [0.25, 0.3) is 0 Å². The first-order valence-corrected chi connectivity index (χ1v) is 8.63. The Balaban J connectivity index is 2.07. The van der Waals surface area contributed by atoms with Gasteiger partial charge in [0.1, 0.15) is 10.8 Å². The molecule has 1 heterocycles. The van der Waals surface area contributed by atoms with Crippen LogP contribution in [0.1, 0.15) is 42.2 Å². The molecule has 0 spiro atoms. The molecule has 5 heteroatoms. The molecular formula is C15H19FN2S2. The Labute approximate surface area is 127 Å². The van der Waals surface area contributed by atoms with Gasteiger partial charge in [-0.05, 0) is 44.7 Å². The molecule has 0 aliphatic carbocycles. The second kappa shape index (κ2) is 6.70. The van der Waals surface area contributed by atoms with Gasteiger partial charge in [-0.25, -0.2) is 9.37 Å². The maximum absolute atomic E-state index is 13.8. The number of hydrogen-bond donors (Lipinski definition) is 1. The Morgan fingerprint density at radius 1 is 1.30 bits per heavy atom. The van der Waals surface area contributed by atoms with Crippen molar-refractivity contribution in [3.05, 3.63) is 45.7 Å². The number of benzene rings is 1. The van der Waals surface area contributed by atoms with E-state index in [1.807, 2.05) is 37.6 Å². The van der Waals surface area contributed by atoms with Gasteiger partial charge in [0.05, 0.1) is 6.04 Å². The van der Waals surface area contributed by atoms with Gasteiger partial charge in [0.2, 0.25) is 0 Å². The summed E-state index contributed by atoms with van der Waals surface area (Å²) in [6.45, 7) is 6.12. The van der Waals surface area contributed by atoms with E-state index >= 15 is 0 Å². The lowest BCUT2D eigenvalue weighted by atomic mass is 10.1. The number of thioether (sulfide) groups is 1. The normalized spacial score (nSPS) is 14.2. The van der Waals surface area contributed by atoms with E-state index in [9.17, 15) is 4.39 Å². The van der Waals surface area contributed by atoms with E-state index in [0.29, 0.717) is 4.90 Å². The van der Waals surface area contributed by atoms with Gasteiger partial charge in [-0.15, -0.1) is 23.1 Å². The molecule has 108 valence electrons. The van der Waals surface area contributed by atoms with E-state index in [1.165, 1.54) is 11.8 Å². The Bertz CT molecular complexity index is 583. The van der Waals surface area contributed by atoms with Crippen molar-refractivity contribution >= 4 is 23.1 Å². The smallest absolute Gasteiger partial charge is 0.137 e. The molecule has 0 unspecified atom stereocenters. The lowest BCUT2D eigenvalue weighted by Gasteiger charge is -2.19. The van der Waals surface area contributed by atoms with Gasteiger partial charge >= 0.3 is 0 Å². The van der Waals surface area contributed by atoms with Crippen LogP contribution in [0.25, 0.3) is 0 Å². The third kappa shape index (κ3) is 3.59. The molecule has 0 aliphatic rings. The van der Waals surface area contributed by atoms with Crippen molar-refractivity contribution < 1.29 is 4.39 Å². The first-order chi connectivity index (χ1) is 9.51. The summed E-state index contributed by atoms with van der Waals surface area (Å²) in [6, 6.07) is 5.67. The molecular weight excluding hydrogens is 291 g/mol. The van der Waals surface area contributed by atoms with Crippen molar-refractivity contribution in [2.45, 2.75) is 37.8 Å². The number of halogens is 1. The van der Waals surface area contributed by atoms with E-state index in [2.05, 4.69) is 17.2 Å². The molecule has 1 aromatic heterocycles. The minimum Gasteiger partial charge on any atom is -0.302 e. The Morgan fingerprint density at radius 3 is 2.60 bits per heavy atom. The van der Waals surface area contributed by atoms with Crippen LogP contribution >= 0.6 is 23.1 Å². The van der Waals surface area contributed by atoms with E-state index in [4.69, 9.17) is 0 Å². The molecule has 0 saturated heterocycles. The van der Waals surface area contributed by atoms with Crippen molar-refractivity contribution in [3.8, 4) is 0 Å². The number of thiazole rings is 1. The molecule has 0 fully saturated rings. The zero-order valence-corrected chi connectivity index (χ0v) is 13.7. The maximum atomic E-state index is 13.8. The molecule has 0 radical (unpaired) electrons. The molecule has 1 aromatic carbocycles. The quantitative estimate of drug-likeness (QED) is 0.809. The molecule has 0 bridgehead atoms. The van der Waals surface area contributed by atoms with Crippen LogP contribution in [-0.4, -0.2) is 11.2 Å². The molecule has 2 rings (SSSR count). The zero-order valence-electron chi connectivity index (χ0n) is 12.1. The molecule has 2 aromatic rings. The van der Waals surface area contributed by atoms with E-state index in [0.717, 1.165) is 16.3 Å². The SMILES string of the molecule is CSc1ccc([C@H](C)N[C@H](C)c2nc(C)cs2)cc1F. The van der Waals surface area contributed by atoms with Crippen LogP contribution in [0, 0.1) is 12.7 Å². The van der Waals surface area contributed by atoms with Crippen LogP contribution in [-0.2, 0) is 0 Å². The topological polar surface area (TPSA) is 24.9 Å². The van der Waals surface area contributed by atoms with Crippen LogP contribution < -0.4 is 5.32 Å². The summed E-state index contributed by atoms with van der Waals surface area (Å²) in [4.78, 5) is 5.17. The van der Waals surface area contributed by atoms with Crippen LogP contribution in [0.4, 0.5) is 4.39 Å². The van der Waals surface area contributed by atoms with Crippen LogP contribution in [0.15, 0.2) is 28.5 Å². The largest absolute Gasteiger partial charge is 0.302 e. The molecule has 0 aliphatic heterocycles. The maximum Gasteiger partial charge on any atom is 0.137 e. The molecule has 0 amide bonds.